The fourth-order valence-corrected chi connectivity index (χ4v) is 9.50. The predicted molar refractivity (Wildman–Crippen MR) is 114 cm³/mol. The number of nitro benzene ring substituents is 1. The van der Waals surface area contributed by atoms with Crippen molar-refractivity contribution >= 4 is 35.2 Å². The van der Waals surface area contributed by atoms with Crippen molar-refractivity contribution in [2.45, 2.75) is 49.4 Å². The number of carbonyl (C=O) groups is 1. The maximum Gasteiger partial charge on any atom is 0.309 e. The molecule has 2 bridgehead atoms. The van der Waals surface area contributed by atoms with E-state index in [0.717, 1.165) is 12.8 Å². The molecular formula is C21H25NO6S2. The molecular weight excluding hydrogens is 426 g/mol. The molecule has 0 aromatic heterocycles. The van der Waals surface area contributed by atoms with E-state index in [1.54, 1.807) is 0 Å². The van der Waals surface area contributed by atoms with Crippen molar-refractivity contribution in [3.63, 3.8) is 0 Å². The third kappa shape index (κ3) is 3.58. The van der Waals surface area contributed by atoms with E-state index in [0.29, 0.717) is 32.8 Å². The van der Waals surface area contributed by atoms with Crippen molar-refractivity contribution in [3.8, 4) is 5.75 Å². The summed E-state index contributed by atoms with van der Waals surface area (Å²) in [4.78, 5) is 23.8. The van der Waals surface area contributed by atoms with Crippen molar-refractivity contribution in [1.82, 2.24) is 0 Å². The lowest BCUT2D eigenvalue weighted by Gasteiger charge is -2.51. The first kappa shape index (κ1) is 20.5. The lowest BCUT2D eigenvalue weighted by Crippen LogP contribution is -2.48. The number of esters is 1. The van der Waals surface area contributed by atoms with Crippen LogP contribution in [0.25, 0.3) is 0 Å². The van der Waals surface area contributed by atoms with Crippen LogP contribution in [0.1, 0.15) is 43.2 Å². The van der Waals surface area contributed by atoms with Gasteiger partial charge in [-0.15, -0.1) is 23.5 Å². The van der Waals surface area contributed by atoms with E-state index >= 15 is 0 Å². The summed E-state index contributed by atoms with van der Waals surface area (Å²) >= 11 is 4.24. The van der Waals surface area contributed by atoms with E-state index in [1.807, 2.05) is 0 Å². The highest BCUT2D eigenvalue weighted by molar-refractivity contribution is 8.21. The third-order valence-electron chi connectivity index (χ3n) is 6.81. The van der Waals surface area contributed by atoms with Gasteiger partial charge >= 0.3 is 5.97 Å². The zero-order valence-corrected chi connectivity index (χ0v) is 18.3. The van der Waals surface area contributed by atoms with Crippen molar-refractivity contribution in [2.75, 3.05) is 18.3 Å². The van der Waals surface area contributed by atoms with Gasteiger partial charge in [-0.05, 0) is 37.5 Å². The molecule has 1 aromatic rings. The van der Waals surface area contributed by atoms with Gasteiger partial charge in [0, 0.05) is 34.8 Å². The van der Waals surface area contributed by atoms with Crippen LogP contribution in [0.15, 0.2) is 12.1 Å². The number of rotatable bonds is 4. The normalized spacial score (nSPS) is 29.1. The van der Waals surface area contributed by atoms with Crippen molar-refractivity contribution in [1.29, 1.82) is 0 Å². The highest BCUT2D eigenvalue weighted by Crippen LogP contribution is 2.64. The van der Waals surface area contributed by atoms with E-state index in [1.165, 1.54) is 42.9 Å². The second-order valence-corrected chi connectivity index (χ2v) is 11.5. The number of non-ortho nitro benzene ring substituents is 1. The van der Waals surface area contributed by atoms with E-state index in [9.17, 15) is 14.9 Å². The van der Waals surface area contributed by atoms with Gasteiger partial charge in [-0.25, -0.2) is 0 Å². The Morgan fingerprint density at radius 2 is 1.97 bits per heavy atom. The van der Waals surface area contributed by atoms with Crippen LogP contribution < -0.4 is 4.74 Å². The topological polar surface area (TPSA) is 87.9 Å². The van der Waals surface area contributed by atoms with Crippen LogP contribution in [-0.2, 0) is 27.5 Å². The van der Waals surface area contributed by atoms with Gasteiger partial charge in [-0.1, -0.05) is 6.42 Å². The second-order valence-electron chi connectivity index (χ2n) is 8.48. The Morgan fingerprint density at radius 3 is 2.67 bits per heavy atom. The van der Waals surface area contributed by atoms with Crippen LogP contribution in [0.4, 0.5) is 5.69 Å². The quantitative estimate of drug-likeness (QED) is 0.375. The Hall–Kier alpha value is -1.45. The minimum Gasteiger partial charge on any atom is -0.467 e. The second kappa shape index (κ2) is 8.24. The zero-order valence-electron chi connectivity index (χ0n) is 16.7. The van der Waals surface area contributed by atoms with Crippen LogP contribution in [0.2, 0.25) is 0 Å². The van der Waals surface area contributed by atoms with Gasteiger partial charge in [0.25, 0.3) is 5.69 Å². The predicted octanol–water partition coefficient (Wildman–Crippen LogP) is 4.51. The summed E-state index contributed by atoms with van der Waals surface area (Å²) in [6.07, 6.45) is 5.46. The van der Waals surface area contributed by atoms with E-state index < -0.39 is 4.92 Å². The number of carbonyl (C=O) groups excluding carboxylic acids is 1. The molecule has 30 heavy (non-hydrogen) atoms. The number of hydrogen-bond acceptors (Lipinski definition) is 8. The Kier molecular flexibility index (Phi) is 5.62. The molecule has 0 N–H and O–H groups in total. The number of nitrogens with zero attached hydrogens (tertiary/aromatic N) is 1. The maximum atomic E-state index is 13.0. The SMILES string of the molecule is O=C(OCc1cc([N+](=O)[O-])cc2c1OCOC2)C1CC2CCCC(C1)C21SCCS1. The molecule has 0 radical (unpaired) electrons. The highest BCUT2D eigenvalue weighted by Gasteiger charge is 2.55. The van der Waals surface area contributed by atoms with Gasteiger partial charge in [0.1, 0.15) is 12.4 Å². The smallest absolute Gasteiger partial charge is 0.309 e. The molecule has 9 heteroatoms. The van der Waals surface area contributed by atoms with Crippen LogP contribution >= 0.6 is 23.5 Å². The standard InChI is InChI=1S/C21H25NO6S2/c23-20(13-6-16-2-1-3-17(7-13)21(16)29-4-5-30-21)27-11-15-9-18(22(24)25)8-14-10-26-12-28-19(14)15/h8-9,13,16-17H,1-7,10-12H2. The van der Waals surface area contributed by atoms with Crippen molar-refractivity contribution < 1.29 is 23.9 Å². The molecule has 1 saturated heterocycles. The Labute approximate surface area is 183 Å². The molecule has 2 aliphatic heterocycles. The molecule has 0 amide bonds. The summed E-state index contributed by atoms with van der Waals surface area (Å²) in [6, 6.07) is 2.90. The molecule has 162 valence electrons. The fraction of sp³-hybridized carbons (Fsp3) is 0.667. The lowest BCUT2D eigenvalue weighted by molar-refractivity contribution is -0.385. The number of hydrogen-bond donors (Lipinski definition) is 0. The van der Waals surface area contributed by atoms with Gasteiger partial charge < -0.3 is 14.2 Å². The molecule has 2 heterocycles. The summed E-state index contributed by atoms with van der Waals surface area (Å²) in [5, 5.41) is 11.3. The van der Waals surface area contributed by atoms with Gasteiger partial charge in [0.05, 0.1) is 21.5 Å². The van der Waals surface area contributed by atoms with Crippen LogP contribution in [0.3, 0.4) is 0 Å². The number of thioether (sulfide) groups is 2. The summed E-state index contributed by atoms with van der Waals surface area (Å²) in [7, 11) is 0. The average Bonchev–Trinajstić information content (AvgIpc) is 3.20. The number of benzene rings is 1. The molecule has 2 atom stereocenters. The van der Waals surface area contributed by atoms with Crippen LogP contribution in [0.5, 0.6) is 5.75 Å². The van der Waals surface area contributed by atoms with Crippen LogP contribution in [-0.4, -0.2) is 33.3 Å². The third-order valence-corrected chi connectivity index (χ3v) is 10.8. The first-order valence-corrected chi connectivity index (χ1v) is 12.5. The average molecular weight is 452 g/mol. The summed E-state index contributed by atoms with van der Waals surface area (Å²) in [5.41, 5.74) is 1.11. The molecule has 3 fully saturated rings. The van der Waals surface area contributed by atoms with Gasteiger partial charge in [0.2, 0.25) is 0 Å². The maximum absolute atomic E-state index is 13.0. The first-order valence-electron chi connectivity index (χ1n) is 10.5. The Balaban J connectivity index is 1.29. The number of nitro groups is 1. The molecule has 4 aliphatic rings. The molecule has 2 unspecified atom stereocenters. The van der Waals surface area contributed by atoms with Crippen molar-refractivity contribution in [3.05, 3.63) is 33.4 Å². The zero-order chi connectivity index (χ0) is 20.7. The molecule has 2 saturated carbocycles. The van der Waals surface area contributed by atoms with E-state index in [2.05, 4.69) is 23.5 Å². The molecule has 7 nitrogen and oxygen atoms in total. The van der Waals surface area contributed by atoms with Gasteiger partial charge in [-0.3, -0.25) is 14.9 Å². The lowest BCUT2D eigenvalue weighted by atomic mass is 9.67. The minimum atomic E-state index is -0.446. The minimum absolute atomic E-state index is 0.0106. The van der Waals surface area contributed by atoms with E-state index in [4.69, 9.17) is 14.2 Å². The van der Waals surface area contributed by atoms with Crippen molar-refractivity contribution in [2.24, 2.45) is 17.8 Å². The van der Waals surface area contributed by atoms with Gasteiger partial charge in [-0.2, -0.15) is 0 Å². The molecule has 1 aromatic carbocycles. The first-order chi connectivity index (χ1) is 14.6. The monoisotopic (exact) mass is 451 g/mol. The fourth-order valence-electron chi connectivity index (χ4n) is 5.56. The largest absolute Gasteiger partial charge is 0.467 e. The Bertz CT molecular complexity index is 840. The number of fused-ring (bicyclic) bond motifs is 1. The summed E-state index contributed by atoms with van der Waals surface area (Å²) in [5.74, 6) is 3.87. The summed E-state index contributed by atoms with van der Waals surface area (Å²) in [6.45, 7) is 0.333. The molecule has 1 spiro atoms. The highest BCUT2D eigenvalue weighted by atomic mass is 32.2. The van der Waals surface area contributed by atoms with E-state index in [-0.39, 0.29) is 37.6 Å². The molecule has 2 aliphatic carbocycles. The van der Waals surface area contributed by atoms with Gasteiger partial charge in [0.15, 0.2) is 6.79 Å². The van der Waals surface area contributed by atoms with Crippen LogP contribution in [0, 0.1) is 27.9 Å². The number of ether oxygens (including phenoxy) is 3. The Morgan fingerprint density at radius 1 is 1.23 bits per heavy atom. The molecule has 5 rings (SSSR count). The summed E-state index contributed by atoms with van der Waals surface area (Å²) < 4.78 is 16.8.